The van der Waals surface area contributed by atoms with Crippen molar-refractivity contribution in [2.45, 2.75) is 26.4 Å². The maximum absolute atomic E-state index is 14.5. The SMILES string of the molecule is CCC(O)COc1cc(F)c(-c2noc(-c3cn4cc(C)ncc4n3)n2)cc1F. The van der Waals surface area contributed by atoms with E-state index in [1.165, 1.54) is 0 Å². The zero-order chi connectivity index (χ0) is 20.5. The molecule has 0 saturated heterocycles. The number of imidazole rings is 1. The molecule has 1 N–H and O–H groups in total. The zero-order valence-electron chi connectivity index (χ0n) is 15.6. The lowest BCUT2D eigenvalue weighted by Crippen LogP contribution is -2.16. The molecule has 0 aliphatic carbocycles. The molecule has 0 radical (unpaired) electrons. The summed E-state index contributed by atoms with van der Waals surface area (Å²) in [6, 6.07) is 1.82. The summed E-state index contributed by atoms with van der Waals surface area (Å²) in [6.45, 7) is 3.46. The number of halogens is 2. The Kier molecular flexibility index (Phi) is 4.93. The lowest BCUT2D eigenvalue weighted by Gasteiger charge is -2.11. The molecule has 8 nitrogen and oxygen atoms in total. The molecule has 3 heterocycles. The minimum atomic E-state index is -0.801. The number of aryl methyl sites for hydroxylation is 1. The maximum atomic E-state index is 14.5. The second kappa shape index (κ2) is 7.55. The molecule has 4 aromatic rings. The van der Waals surface area contributed by atoms with Crippen LogP contribution in [-0.4, -0.2) is 42.3 Å². The first-order chi connectivity index (χ1) is 13.9. The van der Waals surface area contributed by atoms with E-state index in [2.05, 4.69) is 20.1 Å². The standard InChI is InChI=1S/C19H17F2N5O3/c1-3-11(27)9-28-16-5-13(20)12(4-14(16)21)18-24-19(29-25-18)15-8-26-7-10(2)22-6-17(26)23-15/h4-8,11,27H,3,9H2,1-2H3. The fourth-order valence-electron chi connectivity index (χ4n) is 2.66. The third-order valence-electron chi connectivity index (χ3n) is 4.28. The summed E-state index contributed by atoms with van der Waals surface area (Å²) < 4.78 is 40.8. The van der Waals surface area contributed by atoms with Gasteiger partial charge in [0.15, 0.2) is 17.2 Å². The van der Waals surface area contributed by atoms with Gasteiger partial charge >= 0.3 is 0 Å². The van der Waals surface area contributed by atoms with Gasteiger partial charge in [-0.15, -0.1) is 0 Å². The second-order valence-electron chi connectivity index (χ2n) is 6.48. The Hall–Kier alpha value is -3.40. The molecule has 0 amide bonds. The number of hydrogen-bond donors (Lipinski definition) is 1. The molecular weight excluding hydrogens is 384 g/mol. The highest BCUT2D eigenvalue weighted by atomic mass is 19.1. The molecule has 3 aromatic heterocycles. The molecule has 0 saturated carbocycles. The molecule has 4 rings (SSSR count). The molecule has 0 fully saturated rings. The molecule has 0 spiro atoms. The van der Waals surface area contributed by atoms with Crippen molar-refractivity contribution in [3.05, 3.63) is 48.1 Å². The third-order valence-corrected chi connectivity index (χ3v) is 4.28. The fraction of sp³-hybridized carbons (Fsp3) is 0.263. The second-order valence-corrected chi connectivity index (χ2v) is 6.48. The van der Waals surface area contributed by atoms with Gasteiger partial charge in [-0.2, -0.15) is 4.98 Å². The van der Waals surface area contributed by atoms with Crippen molar-refractivity contribution < 1.29 is 23.1 Å². The quantitative estimate of drug-likeness (QED) is 0.530. The van der Waals surface area contributed by atoms with Gasteiger partial charge < -0.3 is 18.8 Å². The summed E-state index contributed by atoms with van der Waals surface area (Å²) in [5.41, 5.74) is 1.59. The normalized spacial score (nSPS) is 12.4. The smallest absolute Gasteiger partial charge is 0.278 e. The van der Waals surface area contributed by atoms with Crippen molar-refractivity contribution >= 4 is 5.65 Å². The number of aromatic nitrogens is 5. The fourth-order valence-corrected chi connectivity index (χ4v) is 2.66. The van der Waals surface area contributed by atoms with Gasteiger partial charge in [0.2, 0.25) is 5.82 Å². The van der Waals surface area contributed by atoms with Gasteiger partial charge in [-0.25, -0.2) is 13.8 Å². The van der Waals surface area contributed by atoms with Crippen LogP contribution in [0.5, 0.6) is 5.75 Å². The number of nitrogens with zero attached hydrogens (tertiary/aromatic N) is 5. The highest BCUT2D eigenvalue weighted by molar-refractivity contribution is 5.61. The van der Waals surface area contributed by atoms with E-state index in [0.717, 1.165) is 17.8 Å². The third kappa shape index (κ3) is 3.79. The number of aliphatic hydroxyl groups excluding tert-OH is 1. The topological polar surface area (TPSA) is 98.6 Å². The molecule has 29 heavy (non-hydrogen) atoms. The van der Waals surface area contributed by atoms with Gasteiger partial charge in [0.25, 0.3) is 5.89 Å². The summed E-state index contributed by atoms with van der Waals surface area (Å²) in [4.78, 5) is 12.6. The molecule has 10 heteroatoms. The number of rotatable bonds is 6. The monoisotopic (exact) mass is 401 g/mol. The first-order valence-corrected chi connectivity index (χ1v) is 8.90. The largest absolute Gasteiger partial charge is 0.488 e. The molecule has 1 unspecified atom stereocenters. The van der Waals surface area contributed by atoms with E-state index in [4.69, 9.17) is 9.26 Å². The molecular formula is C19H17F2N5O3. The lowest BCUT2D eigenvalue weighted by molar-refractivity contribution is 0.102. The van der Waals surface area contributed by atoms with E-state index in [-0.39, 0.29) is 29.6 Å². The van der Waals surface area contributed by atoms with Crippen LogP contribution in [0.1, 0.15) is 19.0 Å². The molecule has 150 valence electrons. The van der Waals surface area contributed by atoms with Crippen LogP contribution in [0.15, 0.2) is 35.2 Å². The maximum Gasteiger partial charge on any atom is 0.278 e. The van der Waals surface area contributed by atoms with Crippen LogP contribution in [-0.2, 0) is 0 Å². The first kappa shape index (κ1) is 18.9. The predicted molar refractivity (Wildman–Crippen MR) is 98.2 cm³/mol. The Morgan fingerprint density at radius 1 is 1.21 bits per heavy atom. The van der Waals surface area contributed by atoms with E-state index in [9.17, 15) is 13.9 Å². The average molecular weight is 401 g/mol. The number of benzene rings is 1. The van der Waals surface area contributed by atoms with Crippen LogP contribution in [0.3, 0.4) is 0 Å². The predicted octanol–water partition coefficient (Wildman–Crippen LogP) is 3.18. The molecule has 1 atom stereocenters. The number of hydrogen-bond acceptors (Lipinski definition) is 7. The highest BCUT2D eigenvalue weighted by Gasteiger charge is 2.20. The number of aliphatic hydroxyl groups is 1. The van der Waals surface area contributed by atoms with Gasteiger partial charge in [0.1, 0.15) is 18.1 Å². The van der Waals surface area contributed by atoms with Crippen LogP contribution >= 0.6 is 0 Å². The Bertz CT molecular complexity index is 1170. The van der Waals surface area contributed by atoms with Gasteiger partial charge in [-0.1, -0.05) is 12.1 Å². The van der Waals surface area contributed by atoms with Crippen LogP contribution in [0.2, 0.25) is 0 Å². The van der Waals surface area contributed by atoms with Crippen molar-refractivity contribution in [1.29, 1.82) is 0 Å². The Morgan fingerprint density at radius 3 is 2.83 bits per heavy atom. The van der Waals surface area contributed by atoms with Crippen molar-refractivity contribution in [3.63, 3.8) is 0 Å². The summed E-state index contributed by atoms with van der Waals surface area (Å²) in [6.07, 6.45) is 4.73. The van der Waals surface area contributed by atoms with Gasteiger partial charge in [0.05, 0.1) is 23.6 Å². The van der Waals surface area contributed by atoms with E-state index >= 15 is 0 Å². The van der Waals surface area contributed by atoms with Crippen LogP contribution in [0, 0.1) is 18.6 Å². The van der Waals surface area contributed by atoms with Crippen molar-refractivity contribution in [2.75, 3.05) is 6.61 Å². The Labute approximate surface area is 163 Å². The summed E-state index contributed by atoms with van der Waals surface area (Å²) in [5, 5.41) is 13.2. The lowest BCUT2D eigenvalue weighted by atomic mass is 10.2. The van der Waals surface area contributed by atoms with Gasteiger partial charge in [-0.05, 0) is 19.4 Å². The summed E-state index contributed by atoms with van der Waals surface area (Å²) in [5.74, 6) is -1.94. The molecule has 1 aromatic carbocycles. The minimum Gasteiger partial charge on any atom is -0.488 e. The van der Waals surface area contributed by atoms with E-state index in [1.54, 1.807) is 29.9 Å². The highest BCUT2D eigenvalue weighted by Crippen LogP contribution is 2.29. The zero-order valence-corrected chi connectivity index (χ0v) is 15.6. The van der Waals surface area contributed by atoms with Crippen LogP contribution in [0.25, 0.3) is 28.6 Å². The summed E-state index contributed by atoms with van der Waals surface area (Å²) in [7, 11) is 0. The summed E-state index contributed by atoms with van der Waals surface area (Å²) >= 11 is 0. The molecule has 0 aliphatic heterocycles. The van der Waals surface area contributed by atoms with Crippen molar-refractivity contribution in [1.82, 2.24) is 24.5 Å². The first-order valence-electron chi connectivity index (χ1n) is 8.90. The van der Waals surface area contributed by atoms with Crippen molar-refractivity contribution in [2.24, 2.45) is 0 Å². The minimum absolute atomic E-state index is 0.0626. The van der Waals surface area contributed by atoms with Crippen LogP contribution in [0.4, 0.5) is 8.78 Å². The van der Waals surface area contributed by atoms with Crippen LogP contribution < -0.4 is 4.74 Å². The van der Waals surface area contributed by atoms with E-state index in [1.807, 2.05) is 6.92 Å². The molecule has 0 bridgehead atoms. The Balaban J connectivity index is 1.62. The van der Waals surface area contributed by atoms with E-state index in [0.29, 0.717) is 17.8 Å². The number of ether oxygens (including phenoxy) is 1. The Morgan fingerprint density at radius 2 is 2.03 bits per heavy atom. The average Bonchev–Trinajstić information content (AvgIpc) is 3.34. The van der Waals surface area contributed by atoms with Gasteiger partial charge in [-0.3, -0.25) is 4.98 Å². The van der Waals surface area contributed by atoms with E-state index < -0.39 is 17.7 Å². The number of fused-ring (bicyclic) bond motifs is 1. The molecule has 0 aliphatic rings. The van der Waals surface area contributed by atoms with Gasteiger partial charge in [0, 0.05) is 18.5 Å². The van der Waals surface area contributed by atoms with Crippen molar-refractivity contribution in [3.8, 4) is 28.7 Å².